The minimum Gasteiger partial charge on any atom is -0.321 e. The van der Waals surface area contributed by atoms with E-state index >= 15 is 0 Å². The van der Waals surface area contributed by atoms with E-state index in [0.717, 1.165) is 16.3 Å². The Balaban J connectivity index is 2.42. The standard InChI is InChI=1S/C16H13NO/c1-8-6-12-9(2)10-4-3-5-11-14(10)15(12)13(7-8)17-16(11)18/h3-7,9H,1-2H3,(H,17,18). The summed E-state index contributed by atoms with van der Waals surface area (Å²) in [6, 6.07) is 10.3. The van der Waals surface area contributed by atoms with Gasteiger partial charge < -0.3 is 4.98 Å². The molecular weight excluding hydrogens is 222 g/mol. The second-order valence-electron chi connectivity index (χ2n) is 5.22. The lowest BCUT2D eigenvalue weighted by molar-refractivity contribution is 0.959. The first-order valence-electron chi connectivity index (χ1n) is 6.26. The maximum atomic E-state index is 12.1. The van der Waals surface area contributed by atoms with E-state index in [-0.39, 0.29) is 5.56 Å². The van der Waals surface area contributed by atoms with Crippen molar-refractivity contribution in [1.29, 1.82) is 0 Å². The first-order valence-corrected chi connectivity index (χ1v) is 6.26. The van der Waals surface area contributed by atoms with Crippen LogP contribution in [0.2, 0.25) is 0 Å². The van der Waals surface area contributed by atoms with E-state index < -0.39 is 0 Å². The van der Waals surface area contributed by atoms with E-state index in [1.807, 2.05) is 12.1 Å². The molecule has 0 fully saturated rings. The van der Waals surface area contributed by atoms with Crippen LogP contribution in [-0.2, 0) is 0 Å². The summed E-state index contributed by atoms with van der Waals surface area (Å²) >= 11 is 0. The number of rotatable bonds is 0. The van der Waals surface area contributed by atoms with Gasteiger partial charge in [0.1, 0.15) is 0 Å². The van der Waals surface area contributed by atoms with Gasteiger partial charge in [0, 0.05) is 27.6 Å². The van der Waals surface area contributed by atoms with Crippen molar-refractivity contribution in [2.24, 2.45) is 0 Å². The third kappa shape index (κ3) is 1.01. The van der Waals surface area contributed by atoms with E-state index in [0.29, 0.717) is 5.92 Å². The molecule has 0 amide bonds. The SMILES string of the molecule is Cc1cc2c3c(c1)[nH]c(=O)c1cccc(c13)C2C. The maximum Gasteiger partial charge on any atom is 0.256 e. The summed E-state index contributed by atoms with van der Waals surface area (Å²) in [7, 11) is 0. The molecule has 2 nitrogen and oxygen atoms in total. The van der Waals surface area contributed by atoms with Crippen LogP contribution in [0.25, 0.3) is 21.7 Å². The van der Waals surface area contributed by atoms with Gasteiger partial charge in [-0.3, -0.25) is 4.79 Å². The van der Waals surface area contributed by atoms with Crippen molar-refractivity contribution < 1.29 is 0 Å². The molecule has 1 aliphatic carbocycles. The molecule has 0 radical (unpaired) electrons. The molecule has 1 heterocycles. The minimum absolute atomic E-state index is 0.0185. The third-order valence-corrected chi connectivity index (χ3v) is 4.09. The van der Waals surface area contributed by atoms with E-state index in [1.165, 1.54) is 22.1 Å². The molecule has 1 atom stereocenters. The number of pyridine rings is 1. The zero-order valence-electron chi connectivity index (χ0n) is 10.4. The van der Waals surface area contributed by atoms with E-state index in [2.05, 4.69) is 37.0 Å². The predicted molar refractivity (Wildman–Crippen MR) is 74.3 cm³/mol. The number of nitrogens with one attached hydrogen (secondary N) is 1. The Hall–Kier alpha value is -2.09. The molecule has 18 heavy (non-hydrogen) atoms. The Morgan fingerprint density at radius 2 is 1.94 bits per heavy atom. The first-order chi connectivity index (χ1) is 8.66. The lowest BCUT2D eigenvalue weighted by atomic mass is 9.97. The van der Waals surface area contributed by atoms with Gasteiger partial charge in [0.2, 0.25) is 0 Å². The molecule has 0 saturated carbocycles. The van der Waals surface area contributed by atoms with Crippen LogP contribution in [0.5, 0.6) is 0 Å². The molecular formula is C16H13NO. The first kappa shape index (κ1) is 9.89. The number of aromatic amines is 1. The smallest absolute Gasteiger partial charge is 0.256 e. The molecule has 1 aliphatic rings. The Labute approximate surface area is 104 Å². The van der Waals surface area contributed by atoms with Crippen LogP contribution in [0.1, 0.15) is 29.5 Å². The van der Waals surface area contributed by atoms with Crippen molar-refractivity contribution in [3.63, 3.8) is 0 Å². The highest BCUT2D eigenvalue weighted by Gasteiger charge is 2.25. The zero-order chi connectivity index (χ0) is 12.4. The van der Waals surface area contributed by atoms with Gasteiger partial charge in [-0.15, -0.1) is 0 Å². The van der Waals surface area contributed by atoms with Gasteiger partial charge in [0.15, 0.2) is 0 Å². The fourth-order valence-electron chi connectivity index (χ4n) is 3.29. The number of benzene rings is 2. The summed E-state index contributed by atoms with van der Waals surface area (Å²) < 4.78 is 0. The Bertz CT molecular complexity index is 874. The van der Waals surface area contributed by atoms with Crippen molar-refractivity contribution in [1.82, 2.24) is 4.98 Å². The molecule has 0 bridgehead atoms. The molecule has 2 heteroatoms. The Morgan fingerprint density at radius 3 is 2.78 bits per heavy atom. The number of hydrogen-bond acceptors (Lipinski definition) is 1. The Kier molecular flexibility index (Phi) is 1.66. The van der Waals surface area contributed by atoms with Gasteiger partial charge in [0.25, 0.3) is 5.56 Å². The quantitative estimate of drug-likeness (QED) is 0.595. The predicted octanol–water partition coefficient (Wildman–Crippen LogP) is 3.45. The molecule has 2 aromatic carbocycles. The summed E-state index contributed by atoms with van der Waals surface area (Å²) in [5.74, 6) is 0.376. The lowest BCUT2D eigenvalue weighted by Crippen LogP contribution is -2.06. The normalized spacial score (nSPS) is 17.1. The molecule has 1 N–H and O–H groups in total. The topological polar surface area (TPSA) is 32.9 Å². The van der Waals surface area contributed by atoms with E-state index in [1.54, 1.807) is 0 Å². The lowest BCUT2D eigenvalue weighted by Gasteiger charge is -2.07. The zero-order valence-corrected chi connectivity index (χ0v) is 10.4. The number of aryl methyl sites for hydroxylation is 1. The average Bonchev–Trinajstić information content (AvgIpc) is 2.63. The minimum atomic E-state index is 0.0185. The van der Waals surface area contributed by atoms with Crippen molar-refractivity contribution in [3.05, 3.63) is 57.4 Å². The summed E-state index contributed by atoms with van der Waals surface area (Å²) in [5.41, 5.74) is 4.81. The summed E-state index contributed by atoms with van der Waals surface area (Å²) in [6.07, 6.45) is 0. The monoisotopic (exact) mass is 235 g/mol. The van der Waals surface area contributed by atoms with Gasteiger partial charge in [-0.05, 0) is 35.7 Å². The Morgan fingerprint density at radius 1 is 1.11 bits per heavy atom. The van der Waals surface area contributed by atoms with Gasteiger partial charge >= 0.3 is 0 Å². The summed E-state index contributed by atoms with van der Waals surface area (Å²) in [5, 5.41) is 3.20. The van der Waals surface area contributed by atoms with Gasteiger partial charge in [-0.1, -0.05) is 25.1 Å². The van der Waals surface area contributed by atoms with Crippen LogP contribution in [0.3, 0.4) is 0 Å². The number of H-pyrrole nitrogens is 1. The highest BCUT2D eigenvalue weighted by Crippen LogP contribution is 2.43. The van der Waals surface area contributed by atoms with Gasteiger partial charge in [-0.2, -0.15) is 0 Å². The maximum absolute atomic E-state index is 12.1. The van der Waals surface area contributed by atoms with Crippen molar-refractivity contribution in [2.45, 2.75) is 19.8 Å². The number of aromatic nitrogens is 1. The van der Waals surface area contributed by atoms with E-state index in [9.17, 15) is 4.79 Å². The molecule has 4 rings (SSSR count). The van der Waals surface area contributed by atoms with Crippen LogP contribution in [0, 0.1) is 6.92 Å². The molecule has 0 aliphatic heterocycles. The third-order valence-electron chi connectivity index (χ3n) is 4.09. The van der Waals surface area contributed by atoms with Crippen molar-refractivity contribution in [2.75, 3.05) is 0 Å². The highest BCUT2D eigenvalue weighted by atomic mass is 16.1. The van der Waals surface area contributed by atoms with Crippen molar-refractivity contribution in [3.8, 4) is 0 Å². The molecule has 1 aromatic heterocycles. The molecule has 88 valence electrons. The molecule has 0 spiro atoms. The number of hydrogen-bond donors (Lipinski definition) is 1. The van der Waals surface area contributed by atoms with Crippen LogP contribution < -0.4 is 5.56 Å². The summed E-state index contributed by atoms with van der Waals surface area (Å²) in [4.78, 5) is 15.1. The molecule has 3 aromatic rings. The largest absolute Gasteiger partial charge is 0.321 e. The van der Waals surface area contributed by atoms with Crippen LogP contribution in [-0.4, -0.2) is 4.98 Å². The molecule has 0 saturated heterocycles. The van der Waals surface area contributed by atoms with Crippen molar-refractivity contribution >= 4 is 21.7 Å². The second kappa shape index (κ2) is 3.02. The fourth-order valence-corrected chi connectivity index (χ4v) is 3.29. The highest BCUT2D eigenvalue weighted by molar-refractivity contribution is 6.12. The van der Waals surface area contributed by atoms with Crippen LogP contribution >= 0.6 is 0 Å². The van der Waals surface area contributed by atoms with Crippen LogP contribution in [0.4, 0.5) is 0 Å². The van der Waals surface area contributed by atoms with Gasteiger partial charge in [0.05, 0.1) is 0 Å². The van der Waals surface area contributed by atoms with Gasteiger partial charge in [-0.25, -0.2) is 0 Å². The van der Waals surface area contributed by atoms with E-state index in [4.69, 9.17) is 0 Å². The second-order valence-corrected chi connectivity index (χ2v) is 5.22. The molecule has 1 unspecified atom stereocenters. The average molecular weight is 235 g/mol. The van der Waals surface area contributed by atoms with Crippen LogP contribution in [0.15, 0.2) is 35.1 Å². The fraction of sp³-hybridized carbons (Fsp3) is 0.188. The summed E-state index contributed by atoms with van der Waals surface area (Å²) in [6.45, 7) is 4.29.